The number of hydrogen-bond acceptors (Lipinski definition) is 4. The van der Waals surface area contributed by atoms with Crippen LogP contribution in [-0.4, -0.2) is 21.5 Å². The molecule has 3 rings (SSSR count). The smallest absolute Gasteiger partial charge is 0.218 e. The summed E-state index contributed by atoms with van der Waals surface area (Å²) in [6.45, 7) is 1.79. The number of pyridine rings is 2. The lowest BCUT2D eigenvalue weighted by atomic mass is 9.90. The van der Waals surface area contributed by atoms with Crippen LogP contribution in [0.4, 0.5) is 0 Å². The van der Waals surface area contributed by atoms with Crippen LogP contribution in [-0.2, 0) is 0 Å². The van der Waals surface area contributed by atoms with Crippen molar-refractivity contribution in [3.8, 4) is 0 Å². The monoisotopic (exact) mass is 240 g/mol. The van der Waals surface area contributed by atoms with E-state index in [1.165, 1.54) is 18.5 Å². The number of ketones is 2. The first-order valence-electron chi connectivity index (χ1n) is 5.37. The number of aromatic nitrogens is 2. The third kappa shape index (κ3) is 1.27. The van der Waals surface area contributed by atoms with Crippen LogP contribution in [0.15, 0.2) is 29.3 Å². The highest BCUT2D eigenvalue weighted by Crippen LogP contribution is 2.22. The number of nitrogens with one attached hydrogen (secondary N) is 1. The van der Waals surface area contributed by atoms with Crippen LogP contribution in [0.25, 0.3) is 0 Å². The van der Waals surface area contributed by atoms with Crippen molar-refractivity contribution in [1.82, 2.24) is 9.97 Å². The highest BCUT2D eigenvalue weighted by molar-refractivity contribution is 6.26. The lowest BCUT2D eigenvalue weighted by Gasteiger charge is -2.15. The van der Waals surface area contributed by atoms with Gasteiger partial charge in [-0.25, -0.2) is 0 Å². The maximum atomic E-state index is 12.2. The molecule has 1 aliphatic carbocycles. The molecule has 0 atom stereocenters. The molecule has 88 valence electrons. The summed E-state index contributed by atoms with van der Waals surface area (Å²) >= 11 is 0. The lowest BCUT2D eigenvalue weighted by Crippen LogP contribution is -2.29. The van der Waals surface area contributed by atoms with E-state index >= 15 is 0 Å². The molecular formula is C13H8N2O3. The number of rotatable bonds is 0. The number of hydrogen-bond donors (Lipinski definition) is 1. The molecule has 0 bridgehead atoms. The molecule has 0 radical (unpaired) electrons. The Balaban J connectivity index is 2.39. The zero-order chi connectivity index (χ0) is 12.9. The molecule has 0 fully saturated rings. The Labute approximate surface area is 102 Å². The van der Waals surface area contributed by atoms with E-state index in [-0.39, 0.29) is 28.3 Å². The van der Waals surface area contributed by atoms with Crippen LogP contribution in [0, 0.1) is 6.92 Å². The maximum absolute atomic E-state index is 12.2. The SMILES string of the molecule is Cc1cnc2c(c1)C(=O)c1[nH]ccc(=O)c1C2=O. The molecule has 18 heavy (non-hydrogen) atoms. The summed E-state index contributed by atoms with van der Waals surface area (Å²) in [4.78, 5) is 42.7. The van der Waals surface area contributed by atoms with Crippen molar-refractivity contribution in [3.63, 3.8) is 0 Å². The topological polar surface area (TPSA) is 79.9 Å². The van der Waals surface area contributed by atoms with Gasteiger partial charge in [-0.1, -0.05) is 0 Å². The molecule has 0 spiro atoms. The largest absolute Gasteiger partial charge is 0.358 e. The van der Waals surface area contributed by atoms with Crippen molar-refractivity contribution >= 4 is 11.6 Å². The second-order valence-corrected chi connectivity index (χ2v) is 4.16. The van der Waals surface area contributed by atoms with Crippen LogP contribution in [0.2, 0.25) is 0 Å². The van der Waals surface area contributed by atoms with Gasteiger partial charge in [-0.2, -0.15) is 0 Å². The van der Waals surface area contributed by atoms with Crippen LogP contribution in [0.3, 0.4) is 0 Å². The Hall–Kier alpha value is -2.56. The van der Waals surface area contributed by atoms with Crippen molar-refractivity contribution in [2.24, 2.45) is 0 Å². The van der Waals surface area contributed by atoms with Crippen molar-refractivity contribution in [2.75, 3.05) is 0 Å². The minimum Gasteiger partial charge on any atom is -0.358 e. The van der Waals surface area contributed by atoms with E-state index in [2.05, 4.69) is 9.97 Å². The van der Waals surface area contributed by atoms with Gasteiger partial charge in [-0.15, -0.1) is 0 Å². The molecule has 2 heterocycles. The van der Waals surface area contributed by atoms with Gasteiger partial charge in [-0.3, -0.25) is 19.4 Å². The second kappa shape index (κ2) is 3.46. The standard InChI is InChI=1S/C13H8N2O3/c1-6-4-7-10(15-5-6)13(18)9-8(16)2-3-14-11(9)12(7)17/h2-5H,1H3,(H,14,16). The third-order valence-electron chi connectivity index (χ3n) is 2.90. The van der Waals surface area contributed by atoms with E-state index in [1.807, 2.05) is 0 Å². The molecule has 1 N–H and O–H groups in total. The minimum atomic E-state index is -0.499. The summed E-state index contributed by atoms with van der Waals surface area (Å²) in [6, 6.07) is 2.83. The first-order valence-corrected chi connectivity index (χ1v) is 5.37. The van der Waals surface area contributed by atoms with Gasteiger partial charge in [0, 0.05) is 18.5 Å². The average molecular weight is 240 g/mol. The highest BCUT2D eigenvalue weighted by Gasteiger charge is 2.33. The number of H-pyrrole nitrogens is 1. The fourth-order valence-corrected chi connectivity index (χ4v) is 2.06. The minimum absolute atomic E-state index is 0.0485. The number of nitrogens with zero attached hydrogens (tertiary/aromatic N) is 1. The summed E-state index contributed by atoms with van der Waals surface area (Å²) in [6.07, 6.45) is 2.87. The van der Waals surface area contributed by atoms with Gasteiger partial charge in [0.2, 0.25) is 11.6 Å². The van der Waals surface area contributed by atoms with Crippen molar-refractivity contribution in [2.45, 2.75) is 6.92 Å². The summed E-state index contributed by atoms with van der Waals surface area (Å²) in [7, 11) is 0. The van der Waals surface area contributed by atoms with Crippen LogP contribution >= 0.6 is 0 Å². The van der Waals surface area contributed by atoms with E-state index in [0.717, 1.165) is 5.56 Å². The predicted molar refractivity (Wildman–Crippen MR) is 62.9 cm³/mol. The molecule has 0 amide bonds. The number of aryl methyl sites for hydroxylation is 1. The number of aromatic amines is 1. The molecular weight excluding hydrogens is 232 g/mol. The van der Waals surface area contributed by atoms with Gasteiger partial charge < -0.3 is 4.98 Å². The molecule has 5 nitrogen and oxygen atoms in total. The van der Waals surface area contributed by atoms with Crippen LogP contribution in [0.1, 0.15) is 37.7 Å². The lowest BCUT2D eigenvalue weighted by molar-refractivity contribution is 0.0970. The molecule has 0 aliphatic heterocycles. The highest BCUT2D eigenvalue weighted by atomic mass is 16.1. The molecule has 5 heteroatoms. The first kappa shape index (κ1) is 10.6. The van der Waals surface area contributed by atoms with E-state index < -0.39 is 11.2 Å². The number of carbonyl (C=O) groups excluding carboxylic acids is 2. The molecule has 0 aromatic carbocycles. The Kier molecular flexibility index (Phi) is 2.04. The Morgan fingerprint density at radius 3 is 2.72 bits per heavy atom. The molecule has 0 unspecified atom stereocenters. The van der Waals surface area contributed by atoms with Gasteiger partial charge >= 0.3 is 0 Å². The Morgan fingerprint density at radius 2 is 1.94 bits per heavy atom. The van der Waals surface area contributed by atoms with Crippen molar-refractivity contribution in [3.05, 3.63) is 62.8 Å². The maximum Gasteiger partial charge on any atom is 0.218 e. The fraction of sp³-hybridized carbons (Fsp3) is 0.0769. The van der Waals surface area contributed by atoms with Gasteiger partial charge in [0.15, 0.2) is 5.43 Å². The fourth-order valence-electron chi connectivity index (χ4n) is 2.06. The average Bonchev–Trinajstić information content (AvgIpc) is 2.35. The van der Waals surface area contributed by atoms with Crippen molar-refractivity contribution < 1.29 is 9.59 Å². The summed E-state index contributed by atoms with van der Waals surface area (Å²) in [5.74, 6) is -0.866. The van der Waals surface area contributed by atoms with E-state index in [9.17, 15) is 14.4 Å². The van der Waals surface area contributed by atoms with E-state index in [4.69, 9.17) is 0 Å². The molecule has 1 aliphatic rings. The molecule has 0 saturated carbocycles. The molecule has 0 saturated heterocycles. The van der Waals surface area contributed by atoms with E-state index in [0.29, 0.717) is 0 Å². The zero-order valence-electron chi connectivity index (χ0n) is 9.48. The molecule has 2 aromatic rings. The first-order chi connectivity index (χ1) is 8.59. The predicted octanol–water partition coefficient (Wildman–Crippen LogP) is 0.854. The normalized spacial score (nSPS) is 13.2. The summed E-state index contributed by atoms with van der Waals surface area (Å²) < 4.78 is 0. The number of fused-ring (bicyclic) bond motifs is 2. The summed E-state index contributed by atoms with van der Waals surface area (Å²) in [5.41, 5.74) is 0.551. The Morgan fingerprint density at radius 1 is 1.17 bits per heavy atom. The Bertz CT molecular complexity index is 759. The molecule has 2 aromatic heterocycles. The van der Waals surface area contributed by atoms with Crippen LogP contribution in [0.5, 0.6) is 0 Å². The summed E-state index contributed by atoms with van der Waals surface area (Å²) in [5, 5.41) is 0. The van der Waals surface area contributed by atoms with Gasteiger partial charge in [0.05, 0.1) is 11.1 Å². The zero-order valence-corrected chi connectivity index (χ0v) is 9.48. The van der Waals surface area contributed by atoms with Crippen molar-refractivity contribution in [1.29, 1.82) is 0 Å². The van der Waals surface area contributed by atoms with Crippen LogP contribution < -0.4 is 5.43 Å². The van der Waals surface area contributed by atoms with Gasteiger partial charge in [0.1, 0.15) is 11.4 Å². The quantitative estimate of drug-likeness (QED) is 0.631. The van der Waals surface area contributed by atoms with E-state index in [1.54, 1.807) is 13.0 Å². The van der Waals surface area contributed by atoms with Gasteiger partial charge in [0.25, 0.3) is 0 Å². The second-order valence-electron chi connectivity index (χ2n) is 4.16. The third-order valence-corrected chi connectivity index (χ3v) is 2.90. The van der Waals surface area contributed by atoms with Gasteiger partial charge in [-0.05, 0) is 18.6 Å². The number of carbonyl (C=O) groups is 2.